The minimum Gasteiger partial charge on any atom is -0.309 e. The Morgan fingerprint density at radius 3 is 2.80 bits per heavy atom. The highest BCUT2D eigenvalue weighted by atomic mass is 79.9. The van der Waals surface area contributed by atoms with E-state index in [2.05, 4.69) is 52.8 Å². The molecule has 0 aliphatic rings. The van der Waals surface area contributed by atoms with Crippen molar-refractivity contribution in [3.05, 3.63) is 20.8 Å². The molecule has 0 radical (unpaired) electrons. The van der Waals surface area contributed by atoms with Crippen molar-refractivity contribution in [3.63, 3.8) is 0 Å². The second-order valence-electron chi connectivity index (χ2n) is 3.64. The molecule has 2 unspecified atom stereocenters. The van der Waals surface area contributed by atoms with Crippen LogP contribution in [0.2, 0.25) is 0 Å². The first-order valence-electron chi connectivity index (χ1n) is 5.14. The molecule has 1 heterocycles. The van der Waals surface area contributed by atoms with Gasteiger partial charge in [0.25, 0.3) is 0 Å². The molecule has 2 atom stereocenters. The van der Waals surface area contributed by atoms with E-state index in [1.807, 2.05) is 23.1 Å². The van der Waals surface area contributed by atoms with Crippen molar-refractivity contribution >= 4 is 39.0 Å². The molecule has 0 aliphatic heterocycles. The van der Waals surface area contributed by atoms with E-state index in [0.29, 0.717) is 6.04 Å². The van der Waals surface area contributed by atoms with Gasteiger partial charge in [-0.15, -0.1) is 11.3 Å². The molecular weight excluding hydrogens is 290 g/mol. The van der Waals surface area contributed by atoms with E-state index in [4.69, 9.17) is 0 Å². The lowest BCUT2D eigenvalue weighted by atomic mass is 10.2. The largest absolute Gasteiger partial charge is 0.309 e. The van der Waals surface area contributed by atoms with Crippen LogP contribution in [0.4, 0.5) is 0 Å². The van der Waals surface area contributed by atoms with Crippen LogP contribution < -0.4 is 5.32 Å². The van der Waals surface area contributed by atoms with Gasteiger partial charge in [-0.25, -0.2) is 0 Å². The minimum atomic E-state index is 0.452. The fourth-order valence-corrected chi connectivity index (χ4v) is 3.43. The van der Waals surface area contributed by atoms with Crippen LogP contribution in [0.15, 0.2) is 15.9 Å². The highest BCUT2D eigenvalue weighted by Gasteiger charge is 2.10. The Kier molecular flexibility index (Phi) is 6.27. The summed E-state index contributed by atoms with van der Waals surface area (Å²) in [5.41, 5.74) is 0. The first-order valence-corrected chi connectivity index (χ1v) is 8.10. The molecule has 0 aromatic carbocycles. The molecule has 1 nitrogen and oxygen atoms in total. The average Bonchev–Trinajstić information content (AvgIpc) is 2.64. The second-order valence-corrected chi connectivity index (χ2v) is 6.72. The Hall–Kier alpha value is 0.490. The third-order valence-corrected chi connectivity index (χ3v) is 5.54. The van der Waals surface area contributed by atoms with E-state index in [1.54, 1.807) is 0 Å². The predicted molar refractivity (Wildman–Crippen MR) is 76.0 cm³/mol. The van der Waals surface area contributed by atoms with E-state index in [9.17, 15) is 0 Å². The zero-order valence-corrected chi connectivity index (χ0v) is 12.6. The standard InChI is InChI=1S/C11H18BrNS2/c1-8(14-3)4-6-13-9(2)11-10(12)5-7-15-11/h5,7-9,13H,4,6H2,1-3H3. The van der Waals surface area contributed by atoms with Crippen molar-refractivity contribution in [1.29, 1.82) is 0 Å². The van der Waals surface area contributed by atoms with E-state index in [-0.39, 0.29) is 0 Å². The van der Waals surface area contributed by atoms with Crippen LogP contribution in [0, 0.1) is 0 Å². The lowest BCUT2D eigenvalue weighted by Gasteiger charge is -2.14. The summed E-state index contributed by atoms with van der Waals surface area (Å²) in [7, 11) is 0. The van der Waals surface area contributed by atoms with Crippen LogP contribution in [-0.2, 0) is 0 Å². The number of nitrogens with one attached hydrogen (secondary N) is 1. The van der Waals surface area contributed by atoms with E-state index < -0.39 is 0 Å². The predicted octanol–water partition coefficient (Wildman–Crippen LogP) is 4.30. The van der Waals surface area contributed by atoms with Crippen LogP contribution in [0.5, 0.6) is 0 Å². The monoisotopic (exact) mass is 307 g/mol. The summed E-state index contributed by atoms with van der Waals surface area (Å²) >= 11 is 7.31. The highest BCUT2D eigenvalue weighted by molar-refractivity contribution is 9.10. The van der Waals surface area contributed by atoms with Gasteiger partial charge in [0.15, 0.2) is 0 Å². The van der Waals surface area contributed by atoms with Crippen molar-refractivity contribution in [1.82, 2.24) is 5.32 Å². The van der Waals surface area contributed by atoms with Gasteiger partial charge >= 0.3 is 0 Å². The van der Waals surface area contributed by atoms with Gasteiger partial charge in [-0.05, 0) is 53.5 Å². The Morgan fingerprint density at radius 1 is 1.53 bits per heavy atom. The minimum absolute atomic E-state index is 0.452. The SMILES string of the molecule is CSC(C)CCNC(C)c1sccc1Br. The number of hydrogen-bond donors (Lipinski definition) is 1. The fraction of sp³-hybridized carbons (Fsp3) is 0.636. The molecule has 15 heavy (non-hydrogen) atoms. The number of halogens is 1. The summed E-state index contributed by atoms with van der Waals surface area (Å²) in [6.45, 7) is 5.59. The summed E-state index contributed by atoms with van der Waals surface area (Å²) in [6.07, 6.45) is 3.40. The first-order chi connectivity index (χ1) is 7.15. The molecule has 1 aromatic heterocycles. The Labute approximate surface area is 109 Å². The summed E-state index contributed by atoms with van der Waals surface area (Å²) < 4.78 is 1.23. The van der Waals surface area contributed by atoms with E-state index >= 15 is 0 Å². The van der Waals surface area contributed by atoms with Crippen LogP contribution in [-0.4, -0.2) is 18.1 Å². The lowest BCUT2D eigenvalue weighted by molar-refractivity contribution is 0.563. The van der Waals surface area contributed by atoms with E-state index in [0.717, 1.165) is 11.8 Å². The lowest BCUT2D eigenvalue weighted by Crippen LogP contribution is -2.21. The Balaban J connectivity index is 2.31. The maximum Gasteiger partial charge on any atom is 0.0397 e. The molecule has 0 fully saturated rings. The molecule has 4 heteroatoms. The Morgan fingerprint density at radius 2 is 2.27 bits per heavy atom. The third-order valence-electron chi connectivity index (χ3n) is 2.44. The van der Waals surface area contributed by atoms with Gasteiger partial charge in [-0.2, -0.15) is 11.8 Å². The summed E-state index contributed by atoms with van der Waals surface area (Å²) in [4.78, 5) is 1.40. The fourth-order valence-electron chi connectivity index (χ4n) is 1.33. The second kappa shape index (κ2) is 6.94. The van der Waals surface area contributed by atoms with Crippen molar-refractivity contribution in [3.8, 4) is 0 Å². The topological polar surface area (TPSA) is 12.0 Å². The van der Waals surface area contributed by atoms with Crippen molar-refractivity contribution in [2.24, 2.45) is 0 Å². The molecule has 0 aliphatic carbocycles. The van der Waals surface area contributed by atoms with Crippen LogP contribution >= 0.6 is 39.0 Å². The Bertz CT molecular complexity index is 288. The molecule has 0 bridgehead atoms. The normalized spacial score (nSPS) is 15.2. The summed E-state index contributed by atoms with van der Waals surface area (Å²) in [5.74, 6) is 0. The number of thiophene rings is 1. The molecule has 0 saturated heterocycles. The van der Waals surface area contributed by atoms with Crippen molar-refractivity contribution in [2.75, 3.05) is 12.8 Å². The maximum absolute atomic E-state index is 3.57. The highest BCUT2D eigenvalue weighted by Crippen LogP contribution is 2.28. The van der Waals surface area contributed by atoms with Gasteiger partial charge < -0.3 is 5.32 Å². The van der Waals surface area contributed by atoms with Crippen LogP contribution in [0.25, 0.3) is 0 Å². The average molecular weight is 308 g/mol. The van der Waals surface area contributed by atoms with Gasteiger partial charge in [0.1, 0.15) is 0 Å². The molecule has 0 amide bonds. The maximum atomic E-state index is 3.57. The van der Waals surface area contributed by atoms with Gasteiger partial charge in [0.2, 0.25) is 0 Å². The van der Waals surface area contributed by atoms with Gasteiger partial charge in [-0.1, -0.05) is 6.92 Å². The molecular formula is C11H18BrNS2. The van der Waals surface area contributed by atoms with Crippen LogP contribution in [0.1, 0.15) is 31.2 Å². The molecule has 1 rings (SSSR count). The van der Waals surface area contributed by atoms with Crippen LogP contribution in [0.3, 0.4) is 0 Å². The molecule has 1 N–H and O–H groups in total. The van der Waals surface area contributed by atoms with Gasteiger partial charge in [0, 0.05) is 20.6 Å². The molecule has 86 valence electrons. The van der Waals surface area contributed by atoms with Crippen molar-refractivity contribution < 1.29 is 0 Å². The van der Waals surface area contributed by atoms with Crippen molar-refractivity contribution in [2.45, 2.75) is 31.6 Å². The zero-order valence-electron chi connectivity index (χ0n) is 9.42. The first kappa shape index (κ1) is 13.6. The molecule has 1 aromatic rings. The quantitative estimate of drug-likeness (QED) is 0.841. The third kappa shape index (κ3) is 4.47. The molecule has 0 saturated carbocycles. The number of thioether (sulfide) groups is 1. The summed E-state index contributed by atoms with van der Waals surface area (Å²) in [5, 5.41) is 6.43. The van der Waals surface area contributed by atoms with Gasteiger partial charge in [0.05, 0.1) is 0 Å². The van der Waals surface area contributed by atoms with E-state index in [1.165, 1.54) is 15.8 Å². The summed E-state index contributed by atoms with van der Waals surface area (Å²) in [6, 6.07) is 2.57. The van der Waals surface area contributed by atoms with Gasteiger partial charge in [-0.3, -0.25) is 0 Å². The zero-order chi connectivity index (χ0) is 11.3. The smallest absolute Gasteiger partial charge is 0.0397 e. The molecule has 0 spiro atoms. The number of rotatable bonds is 6. The number of hydrogen-bond acceptors (Lipinski definition) is 3.